The maximum Gasteiger partial charge on any atom is 0.309 e. The Bertz CT molecular complexity index is 200. The lowest BCUT2D eigenvalue weighted by atomic mass is 10.7. The Morgan fingerprint density at radius 1 is 1.55 bits per heavy atom. The molecule has 0 unspecified atom stereocenters. The summed E-state index contributed by atoms with van der Waals surface area (Å²) >= 11 is 0. The predicted molar refractivity (Wildman–Crippen MR) is 36.7 cm³/mol. The molecule has 0 fully saturated rings. The third-order valence-electron chi connectivity index (χ3n) is 0.359. The van der Waals surface area contributed by atoms with Gasteiger partial charge in [-0.3, -0.25) is 4.79 Å². The van der Waals surface area contributed by atoms with Gasteiger partial charge in [-0.15, -0.1) is 0 Å². The molecule has 1 N–H and O–H groups in total. The fourth-order valence-electron chi connectivity index (χ4n) is 0.0921. The summed E-state index contributed by atoms with van der Waals surface area (Å²) in [6.45, 7) is -0.476. The standard InChI is InChI=1S/C2H3N3O2.CH3N3/c3-5-4-1-2(6)7;1-3-4-2/h1H2,(H,6,7);1H3. The highest BCUT2D eigenvalue weighted by atomic mass is 16.4. The van der Waals surface area contributed by atoms with Crippen molar-refractivity contribution in [1.29, 1.82) is 0 Å². The van der Waals surface area contributed by atoms with E-state index in [9.17, 15) is 4.79 Å². The minimum atomic E-state index is -1.11. The summed E-state index contributed by atoms with van der Waals surface area (Å²) < 4.78 is 0. The molecule has 0 aromatic heterocycles. The largest absolute Gasteiger partial charge is 0.481 e. The minimum Gasteiger partial charge on any atom is -0.481 e. The van der Waals surface area contributed by atoms with Crippen molar-refractivity contribution in [2.24, 2.45) is 10.2 Å². The predicted octanol–water partition coefficient (Wildman–Crippen LogP) is 1.31. The molecular weight excluding hydrogens is 152 g/mol. The molecule has 0 aliphatic carbocycles. The second-order valence-corrected chi connectivity index (χ2v) is 1.07. The van der Waals surface area contributed by atoms with Gasteiger partial charge >= 0.3 is 5.97 Å². The fourth-order valence-corrected chi connectivity index (χ4v) is 0.0921. The molecule has 0 aliphatic heterocycles. The number of carbonyl (C=O) groups is 1. The topological polar surface area (TPSA) is 135 Å². The lowest BCUT2D eigenvalue weighted by molar-refractivity contribution is -0.135. The summed E-state index contributed by atoms with van der Waals surface area (Å²) in [4.78, 5) is 14.1. The highest BCUT2D eigenvalue weighted by Crippen LogP contribution is 1.67. The molecule has 0 atom stereocenters. The monoisotopic (exact) mass is 158 g/mol. The molecule has 0 aromatic rings. The van der Waals surface area contributed by atoms with E-state index in [0.717, 1.165) is 0 Å². The van der Waals surface area contributed by atoms with Gasteiger partial charge in [-0.2, -0.15) is 0 Å². The van der Waals surface area contributed by atoms with Crippen LogP contribution < -0.4 is 0 Å². The van der Waals surface area contributed by atoms with E-state index in [4.69, 9.17) is 16.2 Å². The van der Waals surface area contributed by atoms with Gasteiger partial charge in [0.1, 0.15) is 6.54 Å². The van der Waals surface area contributed by atoms with Gasteiger partial charge in [-0.25, -0.2) is 0 Å². The molecule has 0 spiro atoms. The van der Waals surface area contributed by atoms with Crippen LogP contribution >= 0.6 is 0 Å². The highest BCUT2D eigenvalue weighted by molar-refractivity contribution is 5.69. The van der Waals surface area contributed by atoms with E-state index >= 15 is 0 Å². The van der Waals surface area contributed by atoms with Crippen LogP contribution in [0.25, 0.3) is 20.9 Å². The van der Waals surface area contributed by atoms with Gasteiger partial charge < -0.3 is 5.11 Å². The van der Waals surface area contributed by atoms with Crippen molar-refractivity contribution in [2.75, 3.05) is 13.6 Å². The van der Waals surface area contributed by atoms with Gasteiger partial charge in [0.25, 0.3) is 0 Å². The first-order valence-corrected chi connectivity index (χ1v) is 2.34. The quantitative estimate of drug-likeness (QED) is 0.368. The van der Waals surface area contributed by atoms with E-state index in [-0.39, 0.29) is 0 Å². The fraction of sp³-hybridized carbons (Fsp3) is 0.667. The summed E-state index contributed by atoms with van der Waals surface area (Å²) in [5.74, 6) is -1.11. The third kappa shape index (κ3) is 31.4. The van der Waals surface area contributed by atoms with Crippen LogP contribution in [0.2, 0.25) is 0 Å². The van der Waals surface area contributed by atoms with Gasteiger partial charge in [0, 0.05) is 16.9 Å². The molecule has 8 nitrogen and oxygen atoms in total. The van der Waals surface area contributed by atoms with Gasteiger partial charge in [0.15, 0.2) is 0 Å². The molecule has 0 heterocycles. The Labute approximate surface area is 61.7 Å². The zero-order chi connectivity index (χ0) is 9.11. The average molecular weight is 158 g/mol. The smallest absolute Gasteiger partial charge is 0.309 e. The zero-order valence-corrected chi connectivity index (χ0v) is 5.75. The Morgan fingerprint density at radius 2 is 2.00 bits per heavy atom. The summed E-state index contributed by atoms with van der Waals surface area (Å²) in [6, 6.07) is 0. The Morgan fingerprint density at radius 3 is 2.09 bits per heavy atom. The summed E-state index contributed by atoms with van der Waals surface area (Å²) in [5, 5.41) is 13.4. The molecular formula is C3H6N6O2. The summed E-state index contributed by atoms with van der Waals surface area (Å²) in [6.07, 6.45) is 0. The van der Waals surface area contributed by atoms with Crippen LogP contribution in [0, 0.1) is 0 Å². The van der Waals surface area contributed by atoms with Crippen LogP contribution in [0.1, 0.15) is 0 Å². The zero-order valence-electron chi connectivity index (χ0n) is 5.75. The Hall–Kier alpha value is -1.91. The molecule has 8 heteroatoms. The van der Waals surface area contributed by atoms with Gasteiger partial charge in [-0.05, 0) is 11.1 Å². The number of rotatable bonds is 2. The van der Waals surface area contributed by atoms with Crippen molar-refractivity contribution in [3.63, 3.8) is 0 Å². The lowest BCUT2D eigenvalue weighted by Gasteiger charge is -1.74. The molecule has 0 bridgehead atoms. The van der Waals surface area contributed by atoms with E-state index in [1.165, 1.54) is 7.05 Å². The lowest BCUT2D eigenvalue weighted by Crippen LogP contribution is -1.96. The van der Waals surface area contributed by atoms with E-state index in [1.54, 1.807) is 0 Å². The molecule has 0 aromatic carbocycles. The van der Waals surface area contributed by atoms with Crippen molar-refractivity contribution < 1.29 is 9.90 Å². The van der Waals surface area contributed by atoms with Crippen molar-refractivity contribution in [3.8, 4) is 0 Å². The first-order chi connectivity index (χ1) is 5.18. The molecule has 0 radical (unpaired) electrons. The van der Waals surface area contributed by atoms with E-state index < -0.39 is 12.5 Å². The number of aliphatic carboxylic acids is 1. The first kappa shape index (κ1) is 11.8. The molecule has 11 heavy (non-hydrogen) atoms. The van der Waals surface area contributed by atoms with Crippen molar-refractivity contribution in [3.05, 3.63) is 20.9 Å². The summed E-state index contributed by atoms with van der Waals surface area (Å²) in [5.41, 5.74) is 14.8. The molecule has 0 saturated carbocycles. The van der Waals surface area contributed by atoms with E-state index in [1.807, 2.05) is 0 Å². The number of nitrogens with zero attached hydrogens (tertiary/aromatic N) is 6. The van der Waals surface area contributed by atoms with Crippen LogP contribution in [0.15, 0.2) is 10.2 Å². The van der Waals surface area contributed by atoms with Crippen LogP contribution in [0.3, 0.4) is 0 Å². The number of azide groups is 2. The van der Waals surface area contributed by atoms with Crippen LogP contribution in [0.4, 0.5) is 0 Å². The van der Waals surface area contributed by atoms with Crippen molar-refractivity contribution in [1.82, 2.24) is 0 Å². The number of carboxylic acid groups (broad SMARTS) is 1. The Balaban J connectivity index is 0. The molecule has 0 saturated heterocycles. The van der Waals surface area contributed by atoms with Gasteiger partial charge in [0.05, 0.1) is 0 Å². The molecule has 0 aliphatic rings. The molecule has 0 rings (SSSR count). The third-order valence-corrected chi connectivity index (χ3v) is 0.359. The average Bonchev–Trinajstić information content (AvgIpc) is 2.01. The highest BCUT2D eigenvalue weighted by Gasteiger charge is 1.86. The van der Waals surface area contributed by atoms with Crippen molar-refractivity contribution >= 4 is 5.97 Å². The van der Waals surface area contributed by atoms with E-state index in [0.29, 0.717) is 0 Å². The van der Waals surface area contributed by atoms with Crippen LogP contribution in [-0.2, 0) is 4.79 Å². The van der Waals surface area contributed by atoms with Gasteiger partial charge in [0.2, 0.25) is 0 Å². The SMILES string of the molecule is CN=[N+]=[N-].[N-]=[N+]=NCC(=O)O. The van der Waals surface area contributed by atoms with E-state index in [2.05, 4.69) is 20.1 Å². The number of hydrogen-bond donors (Lipinski definition) is 1. The van der Waals surface area contributed by atoms with Gasteiger partial charge in [-0.1, -0.05) is 10.2 Å². The maximum absolute atomic E-state index is 9.49. The maximum atomic E-state index is 9.49. The molecule has 0 amide bonds. The normalized spacial score (nSPS) is 5.91. The van der Waals surface area contributed by atoms with Crippen molar-refractivity contribution in [2.45, 2.75) is 0 Å². The van der Waals surface area contributed by atoms with Crippen LogP contribution in [-0.4, -0.2) is 24.7 Å². The summed E-state index contributed by atoms with van der Waals surface area (Å²) in [7, 11) is 1.39. The molecule has 60 valence electrons. The minimum absolute atomic E-state index is 0.476. The Kier molecular flexibility index (Phi) is 11.8. The number of hydrogen-bond acceptors (Lipinski definition) is 3. The second-order valence-electron chi connectivity index (χ2n) is 1.07. The van der Waals surface area contributed by atoms with Crippen LogP contribution in [0.5, 0.6) is 0 Å². The first-order valence-electron chi connectivity index (χ1n) is 2.34. The second kappa shape index (κ2) is 11.0. The number of carboxylic acids is 1.